The van der Waals surface area contributed by atoms with E-state index in [1.165, 1.54) is 10.8 Å². The highest BCUT2D eigenvalue weighted by molar-refractivity contribution is 6.09. The summed E-state index contributed by atoms with van der Waals surface area (Å²) in [4.78, 5) is 3.60. The van der Waals surface area contributed by atoms with E-state index in [-0.39, 0.29) is 0 Å². The zero-order chi connectivity index (χ0) is 19.8. The lowest BCUT2D eigenvalue weighted by molar-refractivity contribution is 1.18. The smallest absolute Gasteiger partial charge is 0.196 e. The topological polar surface area (TPSA) is 33.1 Å². The van der Waals surface area contributed by atoms with E-state index in [1.807, 2.05) is 12.1 Å². The highest BCUT2D eigenvalue weighted by Crippen LogP contribution is 2.36. The van der Waals surface area contributed by atoms with Gasteiger partial charge in [0.2, 0.25) is 0 Å². The van der Waals surface area contributed by atoms with E-state index in [2.05, 4.69) is 76.1 Å². The maximum absolute atomic E-state index is 9.48. The van der Waals surface area contributed by atoms with Gasteiger partial charge in [0.15, 0.2) is 5.69 Å². The van der Waals surface area contributed by atoms with Gasteiger partial charge in [-0.25, -0.2) is 4.85 Å². The standard InChI is InChI=1S/C26H15N3/c1-28-23-10-6-7-19(17-27)26(23)18-13-15-20(16-14-18)29-24-11-4-2-8-21(24)22-9-3-5-12-25(22)29/h2-16H. The molecule has 0 saturated carbocycles. The number of para-hydroxylation sites is 2. The van der Waals surface area contributed by atoms with Gasteiger partial charge < -0.3 is 4.57 Å². The Morgan fingerprint density at radius 2 is 1.34 bits per heavy atom. The van der Waals surface area contributed by atoms with Crippen molar-refractivity contribution in [2.75, 3.05) is 0 Å². The molecule has 0 radical (unpaired) electrons. The number of rotatable bonds is 2. The van der Waals surface area contributed by atoms with Gasteiger partial charge in [0.1, 0.15) is 0 Å². The van der Waals surface area contributed by atoms with Crippen LogP contribution in [0.1, 0.15) is 5.56 Å². The molecular weight excluding hydrogens is 354 g/mol. The van der Waals surface area contributed by atoms with Crippen molar-refractivity contribution in [3.8, 4) is 22.9 Å². The summed E-state index contributed by atoms with van der Waals surface area (Å²) in [5.41, 5.74) is 5.93. The molecular formula is C26H15N3. The molecule has 5 aromatic rings. The molecule has 29 heavy (non-hydrogen) atoms. The van der Waals surface area contributed by atoms with Crippen LogP contribution in [0.3, 0.4) is 0 Å². The van der Waals surface area contributed by atoms with E-state index in [9.17, 15) is 5.26 Å². The predicted molar refractivity (Wildman–Crippen MR) is 117 cm³/mol. The van der Waals surface area contributed by atoms with E-state index < -0.39 is 0 Å². The summed E-state index contributed by atoms with van der Waals surface area (Å²) in [5, 5.41) is 11.9. The quantitative estimate of drug-likeness (QED) is 0.312. The number of fused-ring (bicyclic) bond motifs is 3. The summed E-state index contributed by atoms with van der Waals surface area (Å²) in [7, 11) is 0. The molecule has 0 saturated heterocycles. The molecule has 0 aliphatic heterocycles. The molecule has 0 N–H and O–H groups in total. The van der Waals surface area contributed by atoms with Gasteiger partial charge in [0.05, 0.1) is 23.7 Å². The molecule has 0 spiro atoms. The second kappa shape index (κ2) is 6.68. The van der Waals surface area contributed by atoms with Crippen molar-refractivity contribution in [1.29, 1.82) is 5.26 Å². The number of nitriles is 1. The van der Waals surface area contributed by atoms with Gasteiger partial charge in [-0.3, -0.25) is 0 Å². The highest BCUT2D eigenvalue weighted by atomic mass is 15.0. The van der Waals surface area contributed by atoms with Crippen molar-refractivity contribution in [3.63, 3.8) is 0 Å². The van der Waals surface area contributed by atoms with Crippen LogP contribution in [0.5, 0.6) is 0 Å². The molecule has 1 aromatic heterocycles. The van der Waals surface area contributed by atoms with E-state index in [1.54, 1.807) is 18.2 Å². The van der Waals surface area contributed by atoms with Crippen LogP contribution in [0.4, 0.5) is 5.69 Å². The Bertz CT molecular complexity index is 1370. The minimum absolute atomic E-state index is 0.494. The first-order valence-corrected chi connectivity index (χ1v) is 9.31. The van der Waals surface area contributed by atoms with Crippen LogP contribution in [-0.4, -0.2) is 4.57 Å². The number of hydrogen-bond donors (Lipinski definition) is 0. The summed E-state index contributed by atoms with van der Waals surface area (Å²) < 4.78 is 2.25. The van der Waals surface area contributed by atoms with Crippen molar-refractivity contribution in [2.45, 2.75) is 0 Å². The fourth-order valence-corrected chi connectivity index (χ4v) is 4.01. The van der Waals surface area contributed by atoms with Gasteiger partial charge in [0.25, 0.3) is 0 Å². The maximum Gasteiger partial charge on any atom is 0.196 e. The first-order valence-electron chi connectivity index (χ1n) is 9.31. The lowest BCUT2D eigenvalue weighted by Crippen LogP contribution is -1.94. The fourth-order valence-electron chi connectivity index (χ4n) is 4.01. The van der Waals surface area contributed by atoms with Gasteiger partial charge in [-0.1, -0.05) is 60.7 Å². The lowest BCUT2D eigenvalue weighted by atomic mass is 9.98. The van der Waals surface area contributed by atoms with Crippen LogP contribution < -0.4 is 0 Å². The van der Waals surface area contributed by atoms with E-state index in [0.29, 0.717) is 16.8 Å². The van der Waals surface area contributed by atoms with Crippen molar-refractivity contribution >= 4 is 27.5 Å². The molecule has 1 heterocycles. The summed E-state index contributed by atoms with van der Waals surface area (Å²) in [6, 6.07) is 32.3. The highest BCUT2D eigenvalue weighted by Gasteiger charge is 2.13. The number of hydrogen-bond acceptors (Lipinski definition) is 1. The third kappa shape index (κ3) is 2.57. The lowest BCUT2D eigenvalue weighted by Gasteiger charge is -2.11. The molecule has 4 aromatic carbocycles. The SMILES string of the molecule is [C-]#[N+]c1cccc(C#N)c1-c1ccc(-n2c3ccccc3c3ccccc32)cc1. The zero-order valence-electron chi connectivity index (χ0n) is 15.5. The van der Waals surface area contributed by atoms with Gasteiger partial charge >= 0.3 is 0 Å². The largest absolute Gasteiger partial charge is 0.309 e. The molecule has 3 nitrogen and oxygen atoms in total. The molecule has 0 aliphatic carbocycles. The van der Waals surface area contributed by atoms with Gasteiger partial charge in [0, 0.05) is 27.6 Å². The average Bonchev–Trinajstić information content (AvgIpc) is 3.13. The Hall–Kier alpha value is -4.34. The molecule has 134 valence electrons. The predicted octanol–water partition coefficient (Wildman–Crippen LogP) is 6.87. The summed E-state index contributed by atoms with van der Waals surface area (Å²) in [5.74, 6) is 0. The van der Waals surface area contributed by atoms with Crippen LogP contribution >= 0.6 is 0 Å². The molecule has 0 atom stereocenters. The summed E-state index contributed by atoms with van der Waals surface area (Å²) in [6.07, 6.45) is 0. The number of benzene rings is 4. The van der Waals surface area contributed by atoms with Gasteiger partial charge in [-0.2, -0.15) is 5.26 Å². The molecule has 5 rings (SSSR count). The molecule has 3 heteroatoms. The monoisotopic (exact) mass is 369 g/mol. The Kier molecular flexibility index (Phi) is 3.87. The van der Waals surface area contributed by atoms with Crippen molar-refractivity contribution in [2.24, 2.45) is 0 Å². The van der Waals surface area contributed by atoms with Crippen LogP contribution in [0.15, 0.2) is 91.0 Å². The average molecular weight is 369 g/mol. The first-order chi connectivity index (χ1) is 14.3. The normalized spacial score (nSPS) is 10.7. The molecule has 0 unspecified atom stereocenters. The second-order valence-electron chi connectivity index (χ2n) is 6.84. The second-order valence-corrected chi connectivity index (χ2v) is 6.84. The molecule has 0 bridgehead atoms. The van der Waals surface area contributed by atoms with Crippen LogP contribution in [0.25, 0.3) is 43.5 Å². The maximum atomic E-state index is 9.48. The Morgan fingerprint density at radius 3 is 1.93 bits per heavy atom. The number of aromatic nitrogens is 1. The third-order valence-corrected chi connectivity index (χ3v) is 5.28. The fraction of sp³-hybridized carbons (Fsp3) is 0. The summed E-state index contributed by atoms with van der Waals surface area (Å²) >= 11 is 0. The van der Waals surface area contributed by atoms with Gasteiger partial charge in [-0.15, -0.1) is 0 Å². The van der Waals surface area contributed by atoms with Gasteiger partial charge in [-0.05, 0) is 35.9 Å². The van der Waals surface area contributed by atoms with E-state index in [4.69, 9.17) is 6.57 Å². The first kappa shape index (κ1) is 16.8. The minimum atomic E-state index is 0.494. The molecule has 0 aliphatic rings. The summed E-state index contributed by atoms with van der Waals surface area (Å²) in [6.45, 7) is 7.45. The van der Waals surface area contributed by atoms with Crippen molar-refractivity contribution in [1.82, 2.24) is 4.57 Å². The van der Waals surface area contributed by atoms with E-state index >= 15 is 0 Å². The third-order valence-electron chi connectivity index (χ3n) is 5.28. The Balaban J connectivity index is 1.72. The number of nitrogens with zero attached hydrogens (tertiary/aromatic N) is 3. The molecule has 0 fully saturated rings. The Labute approximate surface area is 168 Å². The Morgan fingerprint density at radius 1 is 0.724 bits per heavy atom. The van der Waals surface area contributed by atoms with Crippen LogP contribution in [-0.2, 0) is 0 Å². The molecule has 0 amide bonds. The van der Waals surface area contributed by atoms with E-state index in [0.717, 1.165) is 22.3 Å². The van der Waals surface area contributed by atoms with Crippen molar-refractivity contribution in [3.05, 3.63) is 108 Å². The zero-order valence-corrected chi connectivity index (χ0v) is 15.5. The minimum Gasteiger partial charge on any atom is -0.309 e. The van der Waals surface area contributed by atoms with Crippen LogP contribution in [0, 0.1) is 17.9 Å². The van der Waals surface area contributed by atoms with Crippen LogP contribution in [0.2, 0.25) is 0 Å². The van der Waals surface area contributed by atoms with Crippen molar-refractivity contribution < 1.29 is 0 Å².